The van der Waals surface area contributed by atoms with Gasteiger partial charge in [-0.2, -0.15) is 0 Å². The summed E-state index contributed by atoms with van der Waals surface area (Å²) in [6, 6.07) is 2.90. The minimum Gasteiger partial charge on any atom is -0.478 e. The molecule has 0 radical (unpaired) electrons. The van der Waals surface area contributed by atoms with Crippen molar-refractivity contribution in [2.75, 3.05) is 6.54 Å². The lowest BCUT2D eigenvalue weighted by atomic mass is 10.1. The number of carbonyl (C=O) groups excluding carboxylic acids is 1. The summed E-state index contributed by atoms with van der Waals surface area (Å²) in [4.78, 5) is 42.8. The first-order valence-electron chi connectivity index (χ1n) is 6.94. The van der Waals surface area contributed by atoms with Gasteiger partial charge in [0.2, 0.25) is 5.91 Å². The van der Waals surface area contributed by atoms with Crippen molar-refractivity contribution in [1.29, 1.82) is 0 Å². The van der Waals surface area contributed by atoms with Crippen LogP contribution in [0.3, 0.4) is 0 Å². The second-order valence-corrected chi connectivity index (χ2v) is 5.02. The van der Waals surface area contributed by atoms with E-state index in [0.717, 1.165) is 24.3 Å². The molecule has 1 amide bonds. The maximum absolute atomic E-state index is 11.4. The van der Waals surface area contributed by atoms with Crippen LogP contribution in [0.5, 0.6) is 0 Å². The Balaban J connectivity index is 3.11. The van der Waals surface area contributed by atoms with Crippen LogP contribution in [0.2, 0.25) is 0 Å². The first-order valence-corrected chi connectivity index (χ1v) is 6.94. The molecule has 10 heteroatoms. The first-order chi connectivity index (χ1) is 11.6. The van der Waals surface area contributed by atoms with E-state index in [1.54, 1.807) is 0 Å². The Bertz CT molecular complexity index is 783. The SMILES string of the molecule is C=C(C)C(=O)NCC/C(=C\c1ccc([N+](=O)[O-])cc1[N+](=O)[O-])C(=O)O. The maximum atomic E-state index is 11.4. The third-order valence-corrected chi connectivity index (χ3v) is 3.09. The van der Waals surface area contributed by atoms with Crippen LogP contribution < -0.4 is 5.32 Å². The Morgan fingerprint density at radius 2 is 1.92 bits per heavy atom. The predicted molar refractivity (Wildman–Crippen MR) is 87.8 cm³/mol. The zero-order valence-corrected chi connectivity index (χ0v) is 13.2. The number of rotatable bonds is 8. The van der Waals surface area contributed by atoms with E-state index in [1.165, 1.54) is 6.92 Å². The molecule has 0 aliphatic rings. The van der Waals surface area contributed by atoms with Crippen LogP contribution in [0.25, 0.3) is 6.08 Å². The molecule has 25 heavy (non-hydrogen) atoms. The Kier molecular flexibility index (Phi) is 6.50. The van der Waals surface area contributed by atoms with Crippen molar-refractivity contribution in [3.05, 3.63) is 61.7 Å². The van der Waals surface area contributed by atoms with Crippen molar-refractivity contribution in [3.8, 4) is 0 Å². The summed E-state index contributed by atoms with van der Waals surface area (Å²) in [6.07, 6.45) is 0.958. The Morgan fingerprint density at radius 3 is 2.40 bits per heavy atom. The van der Waals surface area contributed by atoms with Crippen LogP contribution >= 0.6 is 0 Å². The highest BCUT2D eigenvalue weighted by Gasteiger charge is 2.19. The number of hydrogen-bond donors (Lipinski definition) is 2. The van der Waals surface area contributed by atoms with Crippen molar-refractivity contribution < 1.29 is 24.5 Å². The second-order valence-electron chi connectivity index (χ2n) is 5.02. The van der Waals surface area contributed by atoms with Crippen LogP contribution in [-0.4, -0.2) is 33.4 Å². The highest BCUT2D eigenvalue weighted by molar-refractivity contribution is 5.94. The van der Waals surface area contributed by atoms with Crippen molar-refractivity contribution in [2.45, 2.75) is 13.3 Å². The predicted octanol–water partition coefficient (Wildman–Crippen LogP) is 2.05. The van der Waals surface area contributed by atoms with Crippen LogP contribution in [0.1, 0.15) is 18.9 Å². The van der Waals surface area contributed by atoms with Gasteiger partial charge in [0.15, 0.2) is 0 Å². The summed E-state index contributed by atoms with van der Waals surface area (Å²) in [5, 5.41) is 33.4. The largest absolute Gasteiger partial charge is 0.478 e. The molecule has 0 unspecified atom stereocenters. The van der Waals surface area contributed by atoms with E-state index in [2.05, 4.69) is 11.9 Å². The van der Waals surface area contributed by atoms with E-state index in [1.807, 2.05) is 0 Å². The van der Waals surface area contributed by atoms with Crippen LogP contribution in [-0.2, 0) is 9.59 Å². The second kappa shape index (κ2) is 8.34. The third kappa shape index (κ3) is 5.53. The van der Waals surface area contributed by atoms with Crippen molar-refractivity contribution in [3.63, 3.8) is 0 Å². The quantitative estimate of drug-likeness (QED) is 0.413. The van der Waals surface area contributed by atoms with E-state index in [9.17, 15) is 34.9 Å². The van der Waals surface area contributed by atoms with Gasteiger partial charge < -0.3 is 10.4 Å². The summed E-state index contributed by atoms with van der Waals surface area (Å²) >= 11 is 0. The minimum absolute atomic E-state index is 0.00932. The number of carboxylic acids is 1. The molecule has 0 fully saturated rings. The zero-order chi connectivity index (χ0) is 19.1. The average Bonchev–Trinajstić information content (AvgIpc) is 2.53. The number of nitro benzene ring substituents is 2. The van der Waals surface area contributed by atoms with Gasteiger partial charge in [0, 0.05) is 23.8 Å². The molecular weight excluding hydrogens is 334 g/mol. The standard InChI is InChI=1S/C15H15N3O7/c1-9(2)14(19)16-6-5-11(15(20)21)7-10-3-4-12(17(22)23)8-13(10)18(24)25/h3-4,7-8H,1,5-6H2,2H3,(H,16,19)(H,20,21)/b11-7+. The van der Waals surface area contributed by atoms with E-state index < -0.39 is 33.1 Å². The monoisotopic (exact) mass is 349 g/mol. The molecular formula is C15H15N3O7. The molecule has 0 saturated carbocycles. The third-order valence-electron chi connectivity index (χ3n) is 3.09. The van der Waals surface area contributed by atoms with E-state index >= 15 is 0 Å². The van der Waals surface area contributed by atoms with Gasteiger partial charge in [0.1, 0.15) is 0 Å². The number of nitro groups is 2. The van der Waals surface area contributed by atoms with Gasteiger partial charge in [0.05, 0.1) is 21.5 Å². The van der Waals surface area contributed by atoms with Crippen molar-refractivity contribution in [2.24, 2.45) is 0 Å². The fraction of sp³-hybridized carbons (Fsp3) is 0.200. The highest BCUT2D eigenvalue weighted by atomic mass is 16.6. The molecule has 0 atom stereocenters. The fourth-order valence-electron chi connectivity index (χ4n) is 1.82. The smallest absolute Gasteiger partial charge is 0.331 e. The number of nitrogens with one attached hydrogen (secondary N) is 1. The molecule has 0 heterocycles. The Morgan fingerprint density at radius 1 is 1.28 bits per heavy atom. The molecule has 0 bridgehead atoms. The van der Waals surface area contributed by atoms with Crippen molar-refractivity contribution in [1.82, 2.24) is 5.32 Å². The van der Waals surface area contributed by atoms with Crippen LogP contribution in [0.4, 0.5) is 11.4 Å². The number of hydrogen-bond acceptors (Lipinski definition) is 6. The van der Waals surface area contributed by atoms with Gasteiger partial charge in [-0.25, -0.2) is 4.79 Å². The first kappa shape index (κ1) is 19.5. The summed E-state index contributed by atoms with van der Waals surface area (Å²) in [7, 11) is 0. The summed E-state index contributed by atoms with van der Waals surface area (Å²) in [5.74, 6) is -1.76. The fourth-order valence-corrected chi connectivity index (χ4v) is 1.82. The van der Waals surface area contributed by atoms with Gasteiger partial charge in [-0.3, -0.25) is 25.0 Å². The molecule has 2 N–H and O–H groups in total. The molecule has 1 aromatic rings. The number of benzene rings is 1. The number of aliphatic carboxylic acids is 1. The van der Waals surface area contributed by atoms with E-state index in [0.29, 0.717) is 0 Å². The lowest BCUT2D eigenvalue weighted by Crippen LogP contribution is -2.25. The van der Waals surface area contributed by atoms with Crippen molar-refractivity contribution >= 4 is 29.3 Å². The molecule has 10 nitrogen and oxygen atoms in total. The van der Waals surface area contributed by atoms with Crippen LogP contribution in [0.15, 0.2) is 35.9 Å². The molecule has 0 saturated heterocycles. The number of carbonyl (C=O) groups is 2. The van der Waals surface area contributed by atoms with E-state index in [4.69, 9.17) is 0 Å². The minimum atomic E-state index is -1.32. The number of non-ortho nitro benzene ring substituents is 1. The topological polar surface area (TPSA) is 153 Å². The lowest BCUT2D eigenvalue weighted by molar-refractivity contribution is -0.394. The van der Waals surface area contributed by atoms with Gasteiger partial charge >= 0.3 is 5.97 Å². The number of carboxylic acid groups (broad SMARTS) is 1. The molecule has 0 aromatic heterocycles. The average molecular weight is 349 g/mol. The van der Waals surface area contributed by atoms with Gasteiger partial charge in [0.25, 0.3) is 11.4 Å². The summed E-state index contributed by atoms with van der Waals surface area (Å²) in [6.45, 7) is 4.92. The number of nitrogens with zero attached hydrogens (tertiary/aromatic N) is 2. The van der Waals surface area contributed by atoms with E-state index in [-0.39, 0.29) is 29.7 Å². The van der Waals surface area contributed by atoms with Gasteiger partial charge in [-0.1, -0.05) is 6.58 Å². The summed E-state index contributed by atoms with van der Waals surface area (Å²) in [5.41, 5.74) is -1.08. The molecule has 1 aromatic carbocycles. The Labute approximate surface area is 141 Å². The summed E-state index contributed by atoms with van der Waals surface area (Å²) < 4.78 is 0. The highest BCUT2D eigenvalue weighted by Crippen LogP contribution is 2.27. The zero-order valence-electron chi connectivity index (χ0n) is 13.2. The molecule has 132 valence electrons. The van der Waals surface area contributed by atoms with Gasteiger partial charge in [-0.15, -0.1) is 0 Å². The molecule has 1 rings (SSSR count). The van der Waals surface area contributed by atoms with Gasteiger partial charge in [-0.05, 0) is 25.5 Å². The molecule has 0 spiro atoms. The molecule has 0 aliphatic heterocycles. The molecule has 0 aliphatic carbocycles. The lowest BCUT2D eigenvalue weighted by Gasteiger charge is -2.06. The maximum Gasteiger partial charge on any atom is 0.331 e. The van der Waals surface area contributed by atoms with Crippen LogP contribution in [0, 0.1) is 20.2 Å². The number of amides is 1. The normalized spacial score (nSPS) is 10.8. The Hall–Kier alpha value is -3.56.